The highest BCUT2D eigenvalue weighted by Gasteiger charge is 2.35. The summed E-state index contributed by atoms with van der Waals surface area (Å²) in [7, 11) is 0. The second-order valence-corrected chi connectivity index (χ2v) is 4.95. The molecule has 0 saturated heterocycles. The summed E-state index contributed by atoms with van der Waals surface area (Å²) in [5.41, 5.74) is 3.08. The van der Waals surface area contributed by atoms with Gasteiger partial charge in [0.2, 0.25) is 0 Å². The van der Waals surface area contributed by atoms with E-state index in [1.165, 1.54) is 4.90 Å². The lowest BCUT2D eigenvalue weighted by Gasteiger charge is -2.15. The van der Waals surface area contributed by atoms with Crippen LogP contribution in [0, 0.1) is 6.92 Å². The van der Waals surface area contributed by atoms with Crippen LogP contribution < -0.4 is 4.90 Å². The lowest BCUT2D eigenvalue weighted by atomic mass is 10.1. The van der Waals surface area contributed by atoms with Crippen LogP contribution in [-0.4, -0.2) is 21.5 Å². The van der Waals surface area contributed by atoms with Crippen LogP contribution in [0.2, 0.25) is 0 Å². The number of rotatable bonds is 3. The van der Waals surface area contributed by atoms with Crippen LogP contribution in [0.15, 0.2) is 30.6 Å². The minimum atomic E-state index is -0.463. The summed E-state index contributed by atoms with van der Waals surface area (Å²) in [6.45, 7) is 5.06. The number of carbonyl (C=O) groups is 2. The average molecular weight is 269 g/mol. The molecule has 0 N–H and O–H groups in total. The number of aromatic nitrogens is 2. The number of hydrogen-bond donors (Lipinski definition) is 0. The number of ketones is 1. The van der Waals surface area contributed by atoms with Gasteiger partial charge in [0.05, 0.1) is 24.0 Å². The van der Waals surface area contributed by atoms with Gasteiger partial charge in [-0.3, -0.25) is 14.3 Å². The molecule has 20 heavy (non-hydrogen) atoms. The van der Waals surface area contributed by atoms with E-state index < -0.39 is 11.7 Å². The fourth-order valence-electron chi connectivity index (χ4n) is 2.41. The van der Waals surface area contributed by atoms with Gasteiger partial charge in [0.15, 0.2) is 0 Å². The highest BCUT2D eigenvalue weighted by atomic mass is 16.2. The van der Waals surface area contributed by atoms with Gasteiger partial charge < -0.3 is 4.90 Å². The first-order chi connectivity index (χ1) is 9.60. The molecule has 1 aromatic carbocycles. The molecule has 0 saturated carbocycles. The van der Waals surface area contributed by atoms with Gasteiger partial charge in [-0.1, -0.05) is 11.6 Å². The molecular formula is C15H15N3O2. The molecular weight excluding hydrogens is 254 g/mol. The van der Waals surface area contributed by atoms with Gasteiger partial charge in [-0.2, -0.15) is 5.10 Å². The van der Waals surface area contributed by atoms with E-state index in [9.17, 15) is 9.59 Å². The summed E-state index contributed by atoms with van der Waals surface area (Å²) in [4.78, 5) is 25.6. The van der Waals surface area contributed by atoms with E-state index in [0.29, 0.717) is 17.8 Å². The Hall–Kier alpha value is -2.43. The van der Waals surface area contributed by atoms with Crippen LogP contribution in [-0.2, 0) is 17.9 Å². The highest BCUT2D eigenvalue weighted by molar-refractivity contribution is 6.52. The third kappa shape index (κ3) is 1.91. The van der Waals surface area contributed by atoms with Crippen molar-refractivity contribution in [2.24, 2.45) is 0 Å². The van der Waals surface area contributed by atoms with E-state index >= 15 is 0 Å². The third-order valence-corrected chi connectivity index (χ3v) is 3.48. The minimum absolute atomic E-state index is 0.376. The molecule has 102 valence electrons. The van der Waals surface area contributed by atoms with Crippen LogP contribution in [0.25, 0.3) is 0 Å². The zero-order chi connectivity index (χ0) is 14.3. The quantitative estimate of drug-likeness (QED) is 0.800. The van der Waals surface area contributed by atoms with E-state index in [4.69, 9.17) is 0 Å². The molecule has 1 amide bonds. The Morgan fingerprint density at radius 3 is 2.75 bits per heavy atom. The zero-order valence-electron chi connectivity index (χ0n) is 11.5. The molecule has 2 heterocycles. The first kappa shape index (κ1) is 12.6. The molecule has 1 aliphatic rings. The van der Waals surface area contributed by atoms with Crippen molar-refractivity contribution >= 4 is 17.4 Å². The number of hydrogen-bond acceptors (Lipinski definition) is 3. The monoisotopic (exact) mass is 269 g/mol. The number of Topliss-reactive ketones (excluding diaryl/α,β-unsaturated/α-hetero) is 1. The second-order valence-electron chi connectivity index (χ2n) is 4.95. The Morgan fingerprint density at radius 2 is 2.05 bits per heavy atom. The van der Waals surface area contributed by atoms with Crippen LogP contribution in [0.3, 0.4) is 0 Å². The minimum Gasteiger partial charge on any atom is -0.300 e. The Labute approximate surface area is 116 Å². The van der Waals surface area contributed by atoms with E-state index in [1.54, 1.807) is 16.9 Å². The van der Waals surface area contributed by atoms with Crippen LogP contribution in [0.1, 0.15) is 28.4 Å². The predicted octanol–water partition coefficient (Wildman–Crippen LogP) is 1.94. The maximum absolute atomic E-state index is 12.1. The van der Waals surface area contributed by atoms with Gasteiger partial charge in [0.1, 0.15) is 0 Å². The van der Waals surface area contributed by atoms with E-state index in [1.807, 2.05) is 32.2 Å². The molecule has 5 nitrogen and oxygen atoms in total. The van der Waals surface area contributed by atoms with Gasteiger partial charge in [0, 0.05) is 18.3 Å². The van der Waals surface area contributed by atoms with E-state index in [2.05, 4.69) is 5.10 Å². The Balaban J connectivity index is 1.95. The first-order valence-corrected chi connectivity index (χ1v) is 6.58. The van der Waals surface area contributed by atoms with Crippen molar-refractivity contribution in [3.63, 3.8) is 0 Å². The molecule has 0 fully saturated rings. The lowest BCUT2D eigenvalue weighted by molar-refractivity contribution is -0.114. The molecule has 0 spiro atoms. The van der Waals surface area contributed by atoms with Gasteiger partial charge >= 0.3 is 0 Å². The Bertz CT molecular complexity index is 703. The molecule has 0 bridgehead atoms. The fourth-order valence-corrected chi connectivity index (χ4v) is 2.41. The van der Waals surface area contributed by atoms with Gasteiger partial charge in [-0.05, 0) is 26.0 Å². The SMILES string of the molecule is CCn1cc(CN2C(=O)C(=O)c3cc(C)ccc32)cn1. The van der Waals surface area contributed by atoms with Crippen molar-refractivity contribution in [1.29, 1.82) is 0 Å². The summed E-state index contributed by atoms with van der Waals surface area (Å²) in [6.07, 6.45) is 3.62. The maximum atomic E-state index is 12.1. The molecule has 0 aliphatic carbocycles. The van der Waals surface area contributed by atoms with Crippen molar-refractivity contribution < 1.29 is 9.59 Å². The summed E-state index contributed by atoms with van der Waals surface area (Å²) < 4.78 is 1.80. The molecule has 0 atom stereocenters. The average Bonchev–Trinajstić information content (AvgIpc) is 2.99. The molecule has 0 radical (unpaired) electrons. The fraction of sp³-hybridized carbons (Fsp3) is 0.267. The smallest absolute Gasteiger partial charge is 0.299 e. The summed E-state index contributed by atoms with van der Waals surface area (Å²) >= 11 is 0. The van der Waals surface area contributed by atoms with Gasteiger partial charge in [-0.25, -0.2) is 0 Å². The van der Waals surface area contributed by atoms with Gasteiger partial charge in [-0.15, -0.1) is 0 Å². The number of carbonyl (C=O) groups excluding carboxylic acids is 2. The van der Waals surface area contributed by atoms with E-state index in [-0.39, 0.29) is 0 Å². The van der Waals surface area contributed by atoms with Crippen LogP contribution in [0.4, 0.5) is 5.69 Å². The molecule has 1 aliphatic heterocycles. The summed E-state index contributed by atoms with van der Waals surface area (Å²) in [5, 5.41) is 4.18. The number of aryl methyl sites for hydroxylation is 2. The van der Waals surface area contributed by atoms with Crippen molar-refractivity contribution in [2.75, 3.05) is 4.90 Å². The normalized spacial score (nSPS) is 14.0. The van der Waals surface area contributed by atoms with E-state index in [0.717, 1.165) is 17.7 Å². The van der Waals surface area contributed by atoms with Crippen LogP contribution in [0.5, 0.6) is 0 Å². The molecule has 2 aromatic rings. The van der Waals surface area contributed by atoms with Crippen molar-refractivity contribution in [3.05, 3.63) is 47.3 Å². The standard InChI is InChI=1S/C15H15N3O2/c1-3-17-8-11(7-16-17)9-18-13-5-4-10(2)6-12(13)14(19)15(18)20/h4-8H,3,9H2,1-2H3. The molecule has 5 heteroatoms. The molecule has 3 rings (SSSR count). The molecule has 1 aromatic heterocycles. The second kappa shape index (κ2) is 4.59. The zero-order valence-corrected chi connectivity index (χ0v) is 11.5. The molecule has 0 unspecified atom stereocenters. The lowest BCUT2D eigenvalue weighted by Crippen LogP contribution is -2.28. The number of fused-ring (bicyclic) bond motifs is 1. The van der Waals surface area contributed by atoms with Crippen molar-refractivity contribution in [3.8, 4) is 0 Å². The van der Waals surface area contributed by atoms with Gasteiger partial charge in [0.25, 0.3) is 11.7 Å². The topological polar surface area (TPSA) is 55.2 Å². The third-order valence-electron chi connectivity index (χ3n) is 3.48. The summed E-state index contributed by atoms with van der Waals surface area (Å²) in [6, 6.07) is 5.51. The Kier molecular flexibility index (Phi) is 2.89. The number of anilines is 1. The van der Waals surface area contributed by atoms with Crippen molar-refractivity contribution in [2.45, 2.75) is 26.9 Å². The van der Waals surface area contributed by atoms with Crippen molar-refractivity contribution in [1.82, 2.24) is 9.78 Å². The van der Waals surface area contributed by atoms with Crippen LogP contribution >= 0.6 is 0 Å². The summed E-state index contributed by atoms with van der Waals surface area (Å²) in [5.74, 6) is -0.888. The predicted molar refractivity (Wildman–Crippen MR) is 74.6 cm³/mol. The Morgan fingerprint density at radius 1 is 1.25 bits per heavy atom. The first-order valence-electron chi connectivity index (χ1n) is 6.58. The largest absolute Gasteiger partial charge is 0.300 e. The highest BCUT2D eigenvalue weighted by Crippen LogP contribution is 2.30. The number of amides is 1. The number of nitrogens with zero attached hydrogens (tertiary/aromatic N) is 3. The number of benzene rings is 1. The maximum Gasteiger partial charge on any atom is 0.299 e.